The Morgan fingerprint density at radius 3 is 2.40 bits per heavy atom. The minimum Gasteiger partial charge on any atom is -0.483 e. The van der Waals surface area contributed by atoms with Gasteiger partial charge in [0.15, 0.2) is 5.13 Å². The van der Waals surface area contributed by atoms with Crippen LogP contribution in [0.2, 0.25) is 0 Å². The smallest absolute Gasteiger partial charge is 0.408 e. The monoisotopic (exact) mass is 576 g/mol. The van der Waals surface area contributed by atoms with Crippen molar-refractivity contribution < 1.29 is 43.4 Å². The van der Waals surface area contributed by atoms with E-state index < -0.39 is 35.5 Å². The van der Waals surface area contributed by atoms with E-state index in [1.165, 1.54) is 6.92 Å². The number of benzene rings is 1. The Labute approximate surface area is 231 Å². The van der Waals surface area contributed by atoms with Gasteiger partial charge < -0.3 is 35.4 Å². The van der Waals surface area contributed by atoms with Crippen molar-refractivity contribution in [3.05, 3.63) is 46.3 Å². The maximum Gasteiger partial charge on any atom is 0.408 e. The first kappa shape index (κ1) is 31.4. The highest BCUT2D eigenvalue weighted by molar-refractivity contribution is 7.17. The fraction of sp³-hybridized carbons (Fsp3) is 0.333. The largest absolute Gasteiger partial charge is 0.483 e. The number of hydrogen-bond donors (Lipinski definition) is 5. The van der Waals surface area contributed by atoms with Crippen molar-refractivity contribution in [2.45, 2.75) is 46.3 Å². The van der Waals surface area contributed by atoms with E-state index in [0.717, 1.165) is 11.3 Å². The van der Waals surface area contributed by atoms with Crippen LogP contribution < -0.4 is 16.0 Å². The van der Waals surface area contributed by atoms with Gasteiger partial charge >= 0.3 is 12.1 Å². The molecule has 1 atom stereocenters. The van der Waals surface area contributed by atoms with Crippen molar-refractivity contribution in [3.63, 3.8) is 0 Å². The van der Waals surface area contributed by atoms with Gasteiger partial charge in [-0.25, -0.2) is 14.6 Å². The third-order valence-electron chi connectivity index (χ3n) is 4.61. The number of aromatic nitrogens is 3. The Morgan fingerprint density at radius 2 is 1.85 bits per heavy atom. The highest BCUT2D eigenvalue weighted by Gasteiger charge is 2.27. The minimum atomic E-state index is -1.26. The van der Waals surface area contributed by atoms with Gasteiger partial charge in [-0.3, -0.25) is 14.4 Å². The van der Waals surface area contributed by atoms with E-state index in [1.54, 1.807) is 52.0 Å². The van der Waals surface area contributed by atoms with Crippen molar-refractivity contribution in [2.24, 2.45) is 0 Å². The standard InChI is InChI=1S/C23H26N6O7S.CH2O2/c1-11-16(20(32)33)37-21(25-11)28-19(31)15(27-22(34)35-23(3,4)5)10-24-18(30)14-8-6-7-13(9-14)17-26-12(2)36-29-17;2-1-3/h6-9,15H,10H2,1-5H3,(H,24,30)(H,27,34)(H,32,33)(H,25,28,31);1H,(H,2,3). The fourth-order valence-corrected chi connectivity index (χ4v) is 3.82. The maximum absolute atomic E-state index is 13.0. The Kier molecular flexibility index (Phi) is 10.8. The number of nitrogens with one attached hydrogen (secondary N) is 3. The highest BCUT2D eigenvalue weighted by Crippen LogP contribution is 2.22. The van der Waals surface area contributed by atoms with Gasteiger partial charge in [-0.2, -0.15) is 4.98 Å². The number of carboxylic acids is 1. The number of amides is 3. The molecule has 0 fully saturated rings. The van der Waals surface area contributed by atoms with E-state index in [9.17, 15) is 24.3 Å². The summed E-state index contributed by atoms with van der Waals surface area (Å²) in [5.74, 6) is -1.74. The lowest BCUT2D eigenvalue weighted by atomic mass is 10.1. The molecule has 2 heterocycles. The van der Waals surface area contributed by atoms with E-state index in [4.69, 9.17) is 19.2 Å². The molecule has 0 bridgehead atoms. The summed E-state index contributed by atoms with van der Waals surface area (Å²) < 4.78 is 10.2. The molecule has 0 aliphatic rings. The molecule has 0 saturated carbocycles. The summed E-state index contributed by atoms with van der Waals surface area (Å²) in [5, 5.41) is 27.5. The van der Waals surface area contributed by atoms with E-state index in [0.29, 0.717) is 17.3 Å². The number of rotatable bonds is 8. The van der Waals surface area contributed by atoms with Crippen LogP contribution in [0.1, 0.15) is 52.4 Å². The molecule has 3 aromatic rings. The molecule has 1 unspecified atom stereocenters. The number of carbonyl (C=O) groups excluding carboxylic acids is 3. The SMILES string of the molecule is Cc1nc(-c2cccc(C(=O)NCC(NC(=O)OC(C)(C)C)C(=O)Nc3nc(C)c(C(=O)O)s3)c2)no1.O=CO. The number of carbonyl (C=O) groups is 5. The lowest BCUT2D eigenvalue weighted by molar-refractivity contribution is -0.123. The summed E-state index contributed by atoms with van der Waals surface area (Å²) in [5.41, 5.74) is 0.219. The first-order chi connectivity index (χ1) is 18.7. The predicted octanol–water partition coefficient (Wildman–Crippen LogP) is 2.47. The normalized spacial score (nSPS) is 11.3. The zero-order valence-electron chi connectivity index (χ0n) is 22.2. The van der Waals surface area contributed by atoms with Crippen LogP contribution in [-0.2, 0) is 14.3 Å². The molecule has 0 saturated heterocycles. The molecule has 1 aromatic carbocycles. The second-order valence-electron chi connectivity index (χ2n) is 8.96. The predicted molar refractivity (Wildman–Crippen MR) is 141 cm³/mol. The third kappa shape index (κ3) is 9.46. The van der Waals surface area contributed by atoms with Crippen LogP contribution in [0.5, 0.6) is 0 Å². The first-order valence-electron chi connectivity index (χ1n) is 11.5. The van der Waals surface area contributed by atoms with Crippen LogP contribution in [-0.4, -0.2) is 73.9 Å². The van der Waals surface area contributed by atoms with Gasteiger partial charge in [0.05, 0.1) is 5.69 Å². The number of nitrogens with zero attached hydrogens (tertiary/aromatic N) is 3. The number of aryl methyl sites for hydroxylation is 2. The number of hydrogen-bond acceptors (Lipinski definition) is 11. The Morgan fingerprint density at radius 1 is 1.18 bits per heavy atom. The fourth-order valence-electron chi connectivity index (χ4n) is 3.01. The van der Waals surface area contributed by atoms with Crippen LogP contribution in [0.25, 0.3) is 11.4 Å². The topological polar surface area (TPSA) is 223 Å². The summed E-state index contributed by atoms with van der Waals surface area (Å²) in [6.07, 6.45) is -0.877. The van der Waals surface area contributed by atoms with Crippen LogP contribution >= 0.6 is 11.3 Å². The maximum atomic E-state index is 13.0. The van der Waals surface area contributed by atoms with Crippen LogP contribution in [0.3, 0.4) is 0 Å². The molecule has 15 nitrogen and oxygen atoms in total. The Bertz CT molecular complexity index is 1380. The average molecular weight is 577 g/mol. The molecule has 16 heteroatoms. The summed E-state index contributed by atoms with van der Waals surface area (Å²) in [6.45, 7) is 7.57. The highest BCUT2D eigenvalue weighted by atomic mass is 32.1. The van der Waals surface area contributed by atoms with Gasteiger partial charge in [0.25, 0.3) is 18.3 Å². The van der Waals surface area contributed by atoms with Gasteiger partial charge in [0, 0.05) is 24.6 Å². The summed E-state index contributed by atoms with van der Waals surface area (Å²) in [4.78, 5) is 65.9. The van der Waals surface area contributed by atoms with Crippen molar-refractivity contribution in [3.8, 4) is 11.4 Å². The molecule has 0 spiro atoms. The van der Waals surface area contributed by atoms with Crippen molar-refractivity contribution in [1.29, 1.82) is 0 Å². The average Bonchev–Trinajstić information content (AvgIpc) is 3.46. The van der Waals surface area contributed by atoms with E-state index in [-0.39, 0.29) is 34.3 Å². The van der Waals surface area contributed by atoms with E-state index in [2.05, 4.69) is 31.1 Å². The molecule has 2 aromatic heterocycles. The third-order valence-corrected chi connectivity index (χ3v) is 5.67. The number of thiazole rings is 1. The molecular formula is C24H28N6O9S. The molecule has 0 aliphatic heterocycles. The number of anilines is 1. The summed E-state index contributed by atoms with van der Waals surface area (Å²) in [6, 6.07) is 5.21. The van der Waals surface area contributed by atoms with Gasteiger partial charge in [-0.05, 0) is 39.8 Å². The van der Waals surface area contributed by atoms with Crippen LogP contribution in [0, 0.1) is 13.8 Å². The van der Waals surface area contributed by atoms with Gasteiger partial charge in [-0.1, -0.05) is 28.6 Å². The molecule has 0 aliphatic carbocycles. The molecule has 214 valence electrons. The molecule has 3 rings (SSSR count). The van der Waals surface area contributed by atoms with Gasteiger partial charge in [0.1, 0.15) is 16.5 Å². The number of carboxylic acid groups (broad SMARTS) is 2. The molecule has 5 N–H and O–H groups in total. The lowest BCUT2D eigenvalue weighted by Gasteiger charge is -2.23. The molecular weight excluding hydrogens is 548 g/mol. The van der Waals surface area contributed by atoms with Crippen LogP contribution in [0.15, 0.2) is 28.8 Å². The van der Waals surface area contributed by atoms with Crippen molar-refractivity contribution in [2.75, 3.05) is 11.9 Å². The summed E-state index contributed by atoms with van der Waals surface area (Å²) in [7, 11) is 0. The second-order valence-corrected chi connectivity index (χ2v) is 9.96. The Balaban J connectivity index is 0.00000178. The zero-order valence-corrected chi connectivity index (χ0v) is 23.0. The van der Waals surface area contributed by atoms with Gasteiger partial charge in [-0.15, -0.1) is 0 Å². The van der Waals surface area contributed by atoms with Crippen LogP contribution in [0.4, 0.5) is 9.93 Å². The number of alkyl carbamates (subject to hydrolysis) is 1. The summed E-state index contributed by atoms with van der Waals surface area (Å²) >= 11 is 0.771. The molecule has 40 heavy (non-hydrogen) atoms. The van der Waals surface area contributed by atoms with E-state index >= 15 is 0 Å². The lowest BCUT2D eigenvalue weighted by Crippen LogP contribution is -2.51. The first-order valence-corrected chi connectivity index (χ1v) is 12.3. The molecule has 0 radical (unpaired) electrons. The quantitative estimate of drug-likeness (QED) is 0.244. The second kappa shape index (κ2) is 13.8. The number of ether oxygens (including phenoxy) is 1. The zero-order chi connectivity index (χ0) is 30.0. The van der Waals surface area contributed by atoms with Gasteiger partial charge in [0.2, 0.25) is 11.7 Å². The number of aromatic carboxylic acids is 1. The Hall–Kier alpha value is -4.86. The van der Waals surface area contributed by atoms with E-state index in [1.807, 2.05) is 0 Å². The minimum absolute atomic E-state index is 0.0306. The molecule has 3 amide bonds. The van der Waals surface area contributed by atoms with Crippen molar-refractivity contribution in [1.82, 2.24) is 25.8 Å². The van der Waals surface area contributed by atoms with Crippen molar-refractivity contribution >= 4 is 46.8 Å².